The van der Waals surface area contributed by atoms with Crippen molar-refractivity contribution in [1.29, 1.82) is 5.26 Å². The first-order chi connectivity index (χ1) is 17.2. The number of carbonyl (C=O) groups is 1. The second-order valence-electron chi connectivity index (χ2n) is 8.40. The zero-order chi connectivity index (χ0) is 26.0. The van der Waals surface area contributed by atoms with Gasteiger partial charge in [0, 0.05) is 23.3 Å². The molecule has 0 bridgehead atoms. The quantitative estimate of drug-likeness (QED) is 0.542. The van der Waals surface area contributed by atoms with Crippen LogP contribution in [0.15, 0.2) is 65.1 Å². The van der Waals surface area contributed by atoms with Crippen molar-refractivity contribution in [2.45, 2.75) is 45.2 Å². The first-order valence-electron chi connectivity index (χ1n) is 11.7. The second-order valence-corrected chi connectivity index (χ2v) is 8.40. The van der Waals surface area contributed by atoms with Crippen molar-refractivity contribution < 1.29 is 27.4 Å². The van der Waals surface area contributed by atoms with Crippen LogP contribution >= 0.6 is 0 Å². The van der Waals surface area contributed by atoms with Crippen LogP contribution in [0, 0.1) is 11.3 Å². The highest BCUT2D eigenvalue weighted by Gasteiger charge is 2.44. The highest BCUT2D eigenvalue weighted by Crippen LogP contribution is 2.50. The standard InChI is InChI=1S/C27H26F3N3O3/c1-3-35-16-12-13-23(36-4-2)17(14-16)24-18(15-31)26(32)33(21-10-7-11-22(34)25(21)24)20-9-6-5-8-19(20)27(28,29)30/h5-6,8-9,12-14,24H,3-4,7,10-11,32H2,1-2H3/t24-/m1/s1. The van der Waals surface area contributed by atoms with E-state index >= 15 is 0 Å². The third-order valence-corrected chi connectivity index (χ3v) is 6.27. The Labute approximate surface area is 207 Å². The maximum atomic E-state index is 13.9. The van der Waals surface area contributed by atoms with Crippen molar-refractivity contribution in [2.75, 3.05) is 18.1 Å². The van der Waals surface area contributed by atoms with Gasteiger partial charge in [0.2, 0.25) is 0 Å². The number of Topliss-reactive ketones (excluding diaryl/α,β-unsaturated/α-hetero) is 1. The molecule has 4 rings (SSSR count). The number of anilines is 1. The predicted molar refractivity (Wildman–Crippen MR) is 128 cm³/mol. The van der Waals surface area contributed by atoms with Gasteiger partial charge in [-0.3, -0.25) is 9.69 Å². The van der Waals surface area contributed by atoms with Gasteiger partial charge in [-0.05, 0) is 57.0 Å². The second kappa shape index (κ2) is 9.97. The number of nitriles is 1. The van der Waals surface area contributed by atoms with Gasteiger partial charge < -0.3 is 15.2 Å². The molecule has 188 valence electrons. The number of hydrogen-bond donors (Lipinski definition) is 1. The van der Waals surface area contributed by atoms with Gasteiger partial charge in [-0.1, -0.05) is 12.1 Å². The third-order valence-electron chi connectivity index (χ3n) is 6.27. The number of para-hydroxylation sites is 1. The highest BCUT2D eigenvalue weighted by atomic mass is 19.4. The van der Waals surface area contributed by atoms with Crippen molar-refractivity contribution in [2.24, 2.45) is 5.73 Å². The van der Waals surface area contributed by atoms with E-state index in [1.54, 1.807) is 18.2 Å². The van der Waals surface area contributed by atoms with Gasteiger partial charge in [-0.2, -0.15) is 18.4 Å². The van der Waals surface area contributed by atoms with E-state index in [0.29, 0.717) is 48.8 Å². The summed E-state index contributed by atoms with van der Waals surface area (Å²) in [4.78, 5) is 14.6. The van der Waals surface area contributed by atoms with Crippen LogP contribution in [0.4, 0.5) is 18.9 Å². The van der Waals surface area contributed by atoms with Gasteiger partial charge in [0.05, 0.1) is 42.0 Å². The smallest absolute Gasteiger partial charge is 0.418 e. The Hall–Kier alpha value is -3.93. The van der Waals surface area contributed by atoms with Crippen molar-refractivity contribution in [3.63, 3.8) is 0 Å². The van der Waals surface area contributed by atoms with Crippen LogP contribution in [0.5, 0.6) is 11.5 Å². The van der Waals surface area contributed by atoms with Gasteiger partial charge >= 0.3 is 6.18 Å². The van der Waals surface area contributed by atoms with Gasteiger partial charge in [-0.15, -0.1) is 0 Å². The van der Waals surface area contributed by atoms with Crippen LogP contribution in [0.1, 0.15) is 50.2 Å². The summed E-state index contributed by atoms with van der Waals surface area (Å²) in [7, 11) is 0. The summed E-state index contributed by atoms with van der Waals surface area (Å²) >= 11 is 0. The molecule has 1 atom stereocenters. The summed E-state index contributed by atoms with van der Waals surface area (Å²) in [6.07, 6.45) is -3.65. The number of benzene rings is 2. The van der Waals surface area contributed by atoms with Crippen LogP contribution in [-0.4, -0.2) is 19.0 Å². The van der Waals surface area contributed by atoms with Crippen molar-refractivity contribution >= 4 is 11.5 Å². The minimum atomic E-state index is -4.66. The van der Waals surface area contributed by atoms with Crippen LogP contribution in [0.2, 0.25) is 0 Å². The van der Waals surface area contributed by atoms with E-state index in [4.69, 9.17) is 15.2 Å². The molecule has 2 aromatic carbocycles. The Kier molecular flexibility index (Phi) is 6.97. The molecule has 2 aromatic rings. The van der Waals surface area contributed by atoms with Gasteiger partial charge in [0.25, 0.3) is 0 Å². The molecule has 0 spiro atoms. The summed E-state index contributed by atoms with van der Waals surface area (Å²) < 4.78 is 53.3. The molecule has 1 aliphatic carbocycles. The zero-order valence-corrected chi connectivity index (χ0v) is 20.0. The maximum absolute atomic E-state index is 13.9. The largest absolute Gasteiger partial charge is 0.494 e. The Morgan fingerprint density at radius 3 is 2.50 bits per heavy atom. The fourth-order valence-corrected chi connectivity index (χ4v) is 4.88. The van der Waals surface area contributed by atoms with E-state index in [9.17, 15) is 23.2 Å². The Bertz CT molecular complexity index is 1290. The van der Waals surface area contributed by atoms with E-state index < -0.39 is 17.7 Å². The first kappa shape index (κ1) is 25.2. The topological polar surface area (TPSA) is 88.6 Å². The minimum Gasteiger partial charge on any atom is -0.494 e. The van der Waals surface area contributed by atoms with E-state index in [1.807, 2.05) is 13.8 Å². The van der Waals surface area contributed by atoms with E-state index in [2.05, 4.69) is 6.07 Å². The number of alkyl halides is 3. The first-order valence-corrected chi connectivity index (χ1v) is 11.7. The monoisotopic (exact) mass is 497 g/mol. The predicted octanol–water partition coefficient (Wildman–Crippen LogP) is 5.81. The molecule has 0 unspecified atom stereocenters. The number of rotatable bonds is 6. The van der Waals surface area contributed by atoms with Crippen LogP contribution < -0.4 is 20.1 Å². The number of nitrogens with two attached hydrogens (primary N) is 1. The number of carbonyl (C=O) groups excluding carboxylic acids is 1. The average molecular weight is 498 g/mol. The Balaban J connectivity index is 2.02. The Morgan fingerprint density at radius 2 is 1.83 bits per heavy atom. The lowest BCUT2D eigenvalue weighted by atomic mass is 9.75. The summed E-state index contributed by atoms with van der Waals surface area (Å²) in [5, 5.41) is 10.2. The molecule has 2 N–H and O–H groups in total. The molecular weight excluding hydrogens is 471 g/mol. The minimum absolute atomic E-state index is 0.0180. The number of ether oxygens (including phenoxy) is 2. The maximum Gasteiger partial charge on any atom is 0.418 e. The molecule has 1 heterocycles. The van der Waals surface area contributed by atoms with Crippen LogP contribution in [0.3, 0.4) is 0 Å². The molecular formula is C27H26F3N3O3. The molecule has 0 aromatic heterocycles. The molecule has 2 aliphatic rings. The number of allylic oxidation sites excluding steroid dienone is 3. The lowest BCUT2D eigenvalue weighted by Crippen LogP contribution is -2.39. The Morgan fingerprint density at radius 1 is 1.11 bits per heavy atom. The molecule has 1 aliphatic heterocycles. The summed E-state index contributed by atoms with van der Waals surface area (Å²) in [5.41, 5.74) is 6.48. The summed E-state index contributed by atoms with van der Waals surface area (Å²) in [6, 6.07) is 12.2. The molecule has 0 amide bonds. The van der Waals surface area contributed by atoms with Crippen molar-refractivity contribution in [3.05, 3.63) is 76.3 Å². The van der Waals surface area contributed by atoms with Crippen molar-refractivity contribution in [1.82, 2.24) is 0 Å². The lowest BCUT2D eigenvalue weighted by Gasteiger charge is -2.40. The molecule has 9 heteroatoms. The van der Waals surface area contributed by atoms with Gasteiger partial charge in [0.15, 0.2) is 5.78 Å². The molecule has 6 nitrogen and oxygen atoms in total. The summed E-state index contributed by atoms with van der Waals surface area (Å²) in [5.74, 6) is -0.311. The normalized spacial score (nSPS) is 18.2. The van der Waals surface area contributed by atoms with Crippen LogP contribution in [0.25, 0.3) is 0 Å². The SMILES string of the molecule is CCOc1ccc(OCC)c([C@@H]2C(C#N)=C(N)N(c3ccccc3C(F)(F)F)C3=C2C(=O)CCC3)c1. The van der Waals surface area contributed by atoms with Gasteiger partial charge in [0.1, 0.15) is 17.3 Å². The fraction of sp³-hybridized carbons (Fsp3) is 0.333. The summed E-state index contributed by atoms with van der Waals surface area (Å²) in [6.45, 7) is 4.37. The van der Waals surface area contributed by atoms with E-state index in [-0.39, 0.29) is 34.9 Å². The van der Waals surface area contributed by atoms with Crippen LogP contribution in [-0.2, 0) is 11.0 Å². The molecule has 36 heavy (non-hydrogen) atoms. The molecule has 0 saturated carbocycles. The number of nitrogens with zero attached hydrogens (tertiary/aromatic N) is 2. The number of ketones is 1. The molecule has 0 saturated heterocycles. The average Bonchev–Trinajstić information content (AvgIpc) is 2.84. The number of hydrogen-bond acceptors (Lipinski definition) is 6. The van der Waals surface area contributed by atoms with Gasteiger partial charge in [-0.25, -0.2) is 0 Å². The lowest BCUT2D eigenvalue weighted by molar-refractivity contribution is -0.137. The third kappa shape index (κ3) is 4.39. The fourth-order valence-electron chi connectivity index (χ4n) is 4.88. The van der Waals surface area contributed by atoms with Crippen molar-refractivity contribution in [3.8, 4) is 17.6 Å². The number of halogens is 3. The highest BCUT2D eigenvalue weighted by molar-refractivity contribution is 6.01. The van der Waals surface area contributed by atoms with E-state index in [1.165, 1.54) is 23.1 Å². The molecule has 0 radical (unpaired) electrons. The zero-order valence-electron chi connectivity index (χ0n) is 20.0. The molecule has 0 fully saturated rings. The van der Waals surface area contributed by atoms with E-state index in [0.717, 1.165) is 6.07 Å².